The monoisotopic (exact) mass is 241 g/mol. The number of halogens is 1. The van der Waals surface area contributed by atoms with Gasteiger partial charge in [-0.15, -0.1) is 0 Å². The number of nitrogens with zero attached hydrogens (tertiary/aromatic N) is 1. The lowest BCUT2D eigenvalue weighted by molar-refractivity contribution is -0.487. The first-order valence-electron chi connectivity index (χ1n) is 4.15. The molecule has 0 N–H and O–H groups in total. The Morgan fingerprint density at radius 2 is 2.15 bits per heavy atom. The molecule has 0 aliphatic rings. The van der Waals surface area contributed by atoms with Gasteiger partial charge < -0.3 is 5.21 Å². The van der Waals surface area contributed by atoms with Crippen molar-refractivity contribution in [2.75, 3.05) is 0 Å². The van der Waals surface area contributed by atoms with E-state index in [1.54, 1.807) is 6.21 Å². The molecule has 1 aromatic rings. The van der Waals surface area contributed by atoms with Gasteiger partial charge in [0.15, 0.2) is 12.3 Å². The molecule has 0 fully saturated rings. The first kappa shape index (κ1) is 10.3. The maximum atomic E-state index is 11.3. The Hall–Kier alpha value is -0.830. The van der Waals surface area contributed by atoms with Crippen LogP contribution in [0, 0.1) is 5.21 Å². The van der Waals surface area contributed by atoms with Crippen LogP contribution in [0.3, 0.4) is 0 Å². The number of hydrogen-bond acceptors (Lipinski definition) is 1. The third-order valence-corrected chi connectivity index (χ3v) is 2.13. The summed E-state index contributed by atoms with van der Waals surface area (Å²) in [4.78, 5) is 0. The summed E-state index contributed by atoms with van der Waals surface area (Å²) in [5.41, 5.74) is 0.915. The van der Waals surface area contributed by atoms with Gasteiger partial charge in [-0.25, -0.2) is 4.74 Å². The molecule has 0 unspecified atom stereocenters. The molecule has 3 heteroatoms. The van der Waals surface area contributed by atoms with E-state index in [9.17, 15) is 5.21 Å². The van der Waals surface area contributed by atoms with Crippen LogP contribution in [0.2, 0.25) is 0 Å². The minimum Gasteiger partial charge on any atom is -0.624 e. The third kappa shape index (κ3) is 3.19. The second-order valence-corrected chi connectivity index (χ2v) is 4.05. The van der Waals surface area contributed by atoms with E-state index in [4.69, 9.17) is 0 Å². The van der Waals surface area contributed by atoms with Crippen LogP contribution in [0.25, 0.3) is 0 Å². The minimum absolute atomic E-state index is 0.0148. The van der Waals surface area contributed by atoms with Crippen molar-refractivity contribution in [2.24, 2.45) is 0 Å². The predicted molar refractivity (Wildman–Crippen MR) is 58.1 cm³/mol. The molecule has 2 nitrogen and oxygen atoms in total. The summed E-state index contributed by atoms with van der Waals surface area (Å²) < 4.78 is 1.93. The fourth-order valence-corrected chi connectivity index (χ4v) is 1.30. The maximum Gasteiger partial charge on any atom is 0.182 e. The van der Waals surface area contributed by atoms with Gasteiger partial charge in [0.05, 0.1) is 0 Å². The molecule has 0 spiro atoms. The topological polar surface area (TPSA) is 26.1 Å². The first-order valence-corrected chi connectivity index (χ1v) is 4.95. The van der Waals surface area contributed by atoms with Crippen molar-refractivity contribution in [3.05, 3.63) is 39.5 Å². The zero-order valence-electron chi connectivity index (χ0n) is 7.70. The fourth-order valence-electron chi connectivity index (χ4n) is 0.883. The number of hydroxylamine groups is 1. The fraction of sp³-hybridized carbons (Fsp3) is 0.300. The predicted octanol–water partition coefficient (Wildman–Crippen LogP) is 2.79. The Bertz CT molecular complexity index is 320. The quantitative estimate of drug-likeness (QED) is 0.339. The van der Waals surface area contributed by atoms with Crippen molar-refractivity contribution in [3.8, 4) is 0 Å². The average Bonchev–Trinajstić information content (AvgIpc) is 2.04. The Morgan fingerprint density at radius 1 is 1.46 bits per heavy atom. The van der Waals surface area contributed by atoms with E-state index in [2.05, 4.69) is 15.9 Å². The van der Waals surface area contributed by atoms with Gasteiger partial charge in [0.25, 0.3) is 0 Å². The highest BCUT2D eigenvalue weighted by molar-refractivity contribution is 9.10. The molecule has 0 bridgehead atoms. The van der Waals surface area contributed by atoms with Crippen LogP contribution in [-0.4, -0.2) is 17.0 Å². The highest BCUT2D eigenvalue weighted by atomic mass is 79.9. The SMILES string of the molecule is CC(C)/[N+]([O-])=C/c1cccc(Br)c1. The Kier molecular flexibility index (Phi) is 3.48. The van der Waals surface area contributed by atoms with Crippen LogP contribution in [0.5, 0.6) is 0 Å². The van der Waals surface area contributed by atoms with E-state index >= 15 is 0 Å². The molecule has 13 heavy (non-hydrogen) atoms. The normalized spacial score (nSPS) is 12.2. The van der Waals surface area contributed by atoms with Gasteiger partial charge in [-0.3, -0.25) is 0 Å². The molecule has 1 rings (SSSR count). The van der Waals surface area contributed by atoms with E-state index in [1.165, 1.54) is 0 Å². The van der Waals surface area contributed by atoms with Gasteiger partial charge in [0, 0.05) is 10.0 Å². The summed E-state index contributed by atoms with van der Waals surface area (Å²) in [7, 11) is 0. The molecule has 0 aliphatic carbocycles. The number of hydrogen-bond donors (Lipinski definition) is 0. The molecule has 0 atom stereocenters. The Morgan fingerprint density at radius 3 is 2.69 bits per heavy atom. The van der Waals surface area contributed by atoms with Crippen LogP contribution in [0.15, 0.2) is 28.7 Å². The van der Waals surface area contributed by atoms with Crippen molar-refractivity contribution < 1.29 is 4.74 Å². The molecule has 1 aromatic carbocycles. The first-order chi connectivity index (χ1) is 6.09. The molecule has 0 amide bonds. The van der Waals surface area contributed by atoms with Crippen molar-refractivity contribution >= 4 is 22.1 Å². The summed E-state index contributed by atoms with van der Waals surface area (Å²) in [6, 6.07) is 7.64. The molecule has 0 saturated carbocycles. The van der Waals surface area contributed by atoms with E-state index in [0.717, 1.165) is 14.8 Å². The molecule has 0 aromatic heterocycles. The van der Waals surface area contributed by atoms with Gasteiger partial charge in [0.2, 0.25) is 0 Å². The van der Waals surface area contributed by atoms with Crippen molar-refractivity contribution in [2.45, 2.75) is 19.9 Å². The average molecular weight is 242 g/mol. The Balaban J connectivity index is 2.91. The highest BCUT2D eigenvalue weighted by Gasteiger charge is 2.00. The van der Waals surface area contributed by atoms with E-state index in [1.807, 2.05) is 38.1 Å². The van der Waals surface area contributed by atoms with Gasteiger partial charge in [-0.1, -0.05) is 22.0 Å². The summed E-state index contributed by atoms with van der Waals surface area (Å²) in [5.74, 6) is 0. The zero-order chi connectivity index (χ0) is 9.84. The molecule has 70 valence electrons. The largest absolute Gasteiger partial charge is 0.624 e. The summed E-state index contributed by atoms with van der Waals surface area (Å²) in [6.07, 6.45) is 1.59. The number of rotatable bonds is 2. The minimum atomic E-state index is -0.0148. The molecular formula is C10H12BrNO. The van der Waals surface area contributed by atoms with Crippen molar-refractivity contribution in [1.82, 2.24) is 0 Å². The molecule has 0 aliphatic heterocycles. The lowest BCUT2D eigenvalue weighted by atomic mass is 10.2. The highest BCUT2D eigenvalue weighted by Crippen LogP contribution is 2.10. The van der Waals surface area contributed by atoms with Crippen molar-refractivity contribution in [3.63, 3.8) is 0 Å². The molecule has 0 radical (unpaired) electrons. The molecule has 0 heterocycles. The van der Waals surface area contributed by atoms with Crippen LogP contribution < -0.4 is 0 Å². The summed E-state index contributed by atoms with van der Waals surface area (Å²) in [5, 5.41) is 11.3. The lowest BCUT2D eigenvalue weighted by Gasteiger charge is -2.06. The van der Waals surface area contributed by atoms with Gasteiger partial charge in [-0.2, -0.15) is 0 Å². The molecular weight excluding hydrogens is 230 g/mol. The van der Waals surface area contributed by atoms with Gasteiger partial charge in [-0.05, 0) is 32.0 Å². The van der Waals surface area contributed by atoms with Crippen molar-refractivity contribution in [1.29, 1.82) is 0 Å². The van der Waals surface area contributed by atoms with E-state index in [0.29, 0.717) is 0 Å². The second kappa shape index (κ2) is 4.42. The number of benzene rings is 1. The smallest absolute Gasteiger partial charge is 0.182 e. The second-order valence-electron chi connectivity index (χ2n) is 3.14. The molecule has 0 saturated heterocycles. The summed E-state index contributed by atoms with van der Waals surface area (Å²) in [6.45, 7) is 3.73. The van der Waals surface area contributed by atoms with E-state index in [-0.39, 0.29) is 6.04 Å². The van der Waals surface area contributed by atoms with Crippen LogP contribution in [-0.2, 0) is 0 Å². The van der Waals surface area contributed by atoms with Gasteiger partial charge in [0.1, 0.15) is 0 Å². The zero-order valence-corrected chi connectivity index (χ0v) is 9.28. The summed E-state index contributed by atoms with van der Waals surface area (Å²) >= 11 is 3.35. The standard InChI is InChI=1S/C10H12BrNO/c1-8(2)12(13)7-9-4-3-5-10(11)6-9/h3-8H,1-2H3/b12-7-. The third-order valence-electron chi connectivity index (χ3n) is 1.63. The van der Waals surface area contributed by atoms with Crippen LogP contribution >= 0.6 is 15.9 Å². The van der Waals surface area contributed by atoms with Gasteiger partial charge >= 0.3 is 0 Å². The maximum absolute atomic E-state index is 11.3. The van der Waals surface area contributed by atoms with E-state index < -0.39 is 0 Å². The van der Waals surface area contributed by atoms with Crippen LogP contribution in [0.4, 0.5) is 0 Å². The lowest BCUT2D eigenvalue weighted by Crippen LogP contribution is -2.14. The Labute approximate surface area is 86.6 Å². The van der Waals surface area contributed by atoms with Crippen LogP contribution in [0.1, 0.15) is 19.4 Å².